The van der Waals surface area contributed by atoms with Crippen molar-refractivity contribution in [2.24, 2.45) is 0 Å². The zero-order chi connectivity index (χ0) is 16.8. The van der Waals surface area contributed by atoms with Crippen LogP contribution < -0.4 is 0 Å². The van der Waals surface area contributed by atoms with Crippen molar-refractivity contribution >= 4 is 5.57 Å². The fourth-order valence-corrected chi connectivity index (χ4v) is 2.47. The minimum absolute atomic E-state index is 0.198. The van der Waals surface area contributed by atoms with Gasteiger partial charge in [-0.2, -0.15) is 4.98 Å². The molecule has 0 amide bonds. The summed E-state index contributed by atoms with van der Waals surface area (Å²) in [7, 11) is 0. The summed E-state index contributed by atoms with van der Waals surface area (Å²) in [6, 6.07) is 3.68. The fourth-order valence-electron chi connectivity index (χ4n) is 2.47. The van der Waals surface area contributed by atoms with Crippen molar-refractivity contribution in [3.63, 3.8) is 0 Å². The minimum Gasteiger partial charge on any atom is -0.495 e. The normalized spacial score (nSPS) is 17.3. The Balaban J connectivity index is 1.80. The van der Waals surface area contributed by atoms with Crippen molar-refractivity contribution in [1.29, 1.82) is 0 Å². The molecule has 1 atom stereocenters. The molecule has 6 heteroatoms. The van der Waals surface area contributed by atoms with E-state index < -0.39 is 0 Å². The summed E-state index contributed by atoms with van der Waals surface area (Å²) < 4.78 is 16.9. The number of pyridine rings is 1. The van der Waals surface area contributed by atoms with E-state index in [0.29, 0.717) is 31.3 Å². The number of ether oxygens (including phenoxy) is 2. The Hall–Kier alpha value is -2.47. The minimum atomic E-state index is -0.198. The lowest BCUT2D eigenvalue weighted by Crippen LogP contribution is -2.19. The van der Waals surface area contributed by atoms with E-state index in [9.17, 15) is 0 Å². The molecule has 24 heavy (non-hydrogen) atoms. The van der Waals surface area contributed by atoms with Gasteiger partial charge in [-0.1, -0.05) is 12.1 Å². The van der Waals surface area contributed by atoms with Crippen molar-refractivity contribution < 1.29 is 14.0 Å². The van der Waals surface area contributed by atoms with Gasteiger partial charge in [0.15, 0.2) is 5.82 Å². The van der Waals surface area contributed by atoms with Crippen LogP contribution in [0, 0.1) is 0 Å². The standard InChI is InChI=1S/C18H21N3O3/c1-3-11-23-16-12-14(5-6-15(16)22-4-2)17-20-18(24-21-17)13-7-9-19-10-8-13/h6-10,12,16H,3-5,11H2,1-2H3. The molecule has 0 bridgehead atoms. The Morgan fingerprint density at radius 2 is 2.08 bits per heavy atom. The Labute approximate surface area is 141 Å². The molecule has 0 aliphatic heterocycles. The molecule has 2 aromatic rings. The van der Waals surface area contributed by atoms with Crippen LogP contribution in [0.2, 0.25) is 0 Å². The number of nitrogens with zero attached hydrogens (tertiary/aromatic N) is 3. The molecule has 3 rings (SSSR count). The first-order valence-corrected chi connectivity index (χ1v) is 8.21. The maximum Gasteiger partial charge on any atom is 0.258 e. The van der Waals surface area contributed by atoms with Crippen molar-refractivity contribution in [3.8, 4) is 11.5 Å². The van der Waals surface area contributed by atoms with Crippen LogP contribution in [-0.4, -0.2) is 34.4 Å². The number of hydrogen-bond acceptors (Lipinski definition) is 6. The van der Waals surface area contributed by atoms with E-state index in [4.69, 9.17) is 14.0 Å². The Morgan fingerprint density at radius 3 is 2.83 bits per heavy atom. The molecule has 0 fully saturated rings. The predicted octanol–water partition coefficient (Wildman–Crippen LogP) is 3.63. The van der Waals surface area contributed by atoms with Gasteiger partial charge in [0.1, 0.15) is 11.9 Å². The summed E-state index contributed by atoms with van der Waals surface area (Å²) in [5.74, 6) is 1.92. The summed E-state index contributed by atoms with van der Waals surface area (Å²) in [6.45, 7) is 5.34. The van der Waals surface area contributed by atoms with Crippen molar-refractivity contribution in [2.45, 2.75) is 32.8 Å². The molecule has 0 radical (unpaired) electrons. The Morgan fingerprint density at radius 1 is 1.25 bits per heavy atom. The van der Waals surface area contributed by atoms with Gasteiger partial charge in [-0.3, -0.25) is 4.98 Å². The molecule has 2 aromatic heterocycles. The Kier molecular flexibility index (Phi) is 5.38. The second-order valence-corrected chi connectivity index (χ2v) is 5.39. The molecular weight excluding hydrogens is 306 g/mol. The van der Waals surface area contributed by atoms with Gasteiger partial charge >= 0.3 is 0 Å². The average Bonchev–Trinajstić information content (AvgIpc) is 3.12. The smallest absolute Gasteiger partial charge is 0.258 e. The predicted molar refractivity (Wildman–Crippen MR) is 89.9 cm³/mol. The molecule has 0 saturated heterocycles. The first-order valence-electron chi connectivity index (χ1n) is 8.21. The number of allylic oxidation sites excluding steroid dienone is 2. The first-order chi connectivity index (χ1) is 11.8. The van der Waals surface area contributed by atoms with E-state index in [2.05, 4.69) is 22.0 Å². The quantitative estimate of drug-likeness (QED) is 0.773. The van der Waals surface area contributed by atoms with Gasteiger partial charge in [0.25, 0.3) is 5.89 Å². The van der Waals surface area contributed by atoms with Gasteiger partial charge in [-0.25, -0.2) is 0 Å². The van der Waals surface area contributed by atoms with Gasteiger partial charge in [-0.05, 0) is 44.1 Å². The summed E-state index contributed by atoms with van der Waals surface area (Å²) in [4.78, 5) is 8.48. The van der Waals surface area contributed by atoms with E-state index in [1.807, 2.05) is 31.2 Å². The lowest BCUT2D eigenvalue weighted by atomic mass is 10.0. The third-order valence-corrected chi connectivity index (χ3v) is 3.61. The Bertz CT molecular complexity index is 722. The second-order valence-electron chi connectivity index (χ2n) is 5.39. The molecule has 126 valence electrons. The van der Waals surface area contributed by atoms with Crippen molar-refractivity contribution in [3.05, 3.63) is 48.3 Å². The van der Waals surface area contributed by atoms with E-state index in [1.54, 1.807) is 12.4 Å². The van der Waals surface area contributed by atoms with E-state index in [1.165, 1.54) is 0 Å². The SMILES string of the molecule is CCCOC1C=C(c2noc(-c3ccncc3)n2)CC=C1OCC. The second kappa shape index (κ2) is 7.88. The van der Waals surface area contributed by atoms with Crippen LogP contribution in [0.4, 0.5) is 0 Å². The number of rotatable bonds is 7. The first kappa shape index (κ1) is 16.4. The van der Waals surface area contributed by atoms with Gasteiger partial charge in [0.2, 0.25) is 0 Å². The lowest BCUT2D eigenvalue weighted by molar-refractivity contribution is 0.0573. The van der Waals surface area contributed by atoms with E-state index in [-0.39, 0.29) is 6.10 Å². The topological polar surface area (TPSA) is 70.3 Å². The molecule has 0 saturated carbocycles. The molecule has 0 aromatic carbocycles. The number of hydrogen-bond donors (Lipinski definition) is 0. The molecule has 2 heterocycles. The number of aromatic nitrogens is 3. The maximum atomic E-state index is 5.88. The summed E-state index contributed by atoms with van der Waals surface area (Å²) in [6.07, 6.45) is 8.89. The van der Waals surface area contributed by atoms with Crippen molar-refractivity contribution in [2.75, 3.05) is 13.2 Å². The van der Waals surface area contributed by atoms with Gasteiger partial charge < -0.3 is 14.0 Å². The summed E-state index contributed by atoms with van der Waals surface area (Å²) in [5.41, 5.74) is 1.83. The highest BCUT2D eigenvalue weighted by atomic mass is 16.5. The lowest BCUT2D eigenvalue weighted by Gasteiger charge is -2.22. The molecule has 0 N–H and O–H groups in total. The van der Waals surface area contributed by atoms with Crippen LogP contribution in [0.5, 0.6) is 0 Å². The van der Waals surface area contributed by atoms with Crippen LogP contribution in [-0.2, 0) is 9.47 Å². The van der Waals surface area contributed by atoms with Crippen LogP contribution in [0.3, 0.4) is 0 Å². The molecule has 0 spiro atoms. The molecule has 1 aliphatic carbocycles. The largest absolute Gasteiger partial charge is 0.495 e. The molecule has 6 nitrogen and oxygen atoms in total. The average molecular weight is 327 g/mol. The van der Waals surface area contributed by atoms with Crippen molar-refractivity contribution in [1.82, 2.24) is 15.1 Å². The molecular formula is C18H21N3O3. The van der Waals surface area contributed by atoms with Gasteiger partial charge in [0, 0.05) is 30.1 Å². The highest BCUT2D eigenvalue weighted by Gasteiger charge is 2.22. The molecule has 1 unspecified atom stereocenters. The third-order valence-electron chi connectivity index (χ3n) is 3.61. The highest BCUT2D eigenvalue weighted by molar-refractivity contribution is 5.65. The maximum absolute atomic E-state index is 5.88. The van der Waals surface area contributed by atoms with Crippen LogP contribution >= 0.6 is 0 Å². The van der Waals surface area contributed by atoms with Crippen LogP contribution in [0.1, 0.15) is 32.5 Å². The van der Waals surface area contributed by atoms with Gasteiger partial charge in [-0.15, -0.1) is 0 Å². The summed E-state index contributed by atoms with van der Waals surface area (Å²) >= 11 is 0. The van der Waals surface area contributed by atoms with E-state index >= 15 is 0 Å². The fraction of sp³-hybridized carbons (Fsp3) is 0.389. The zero-order valence-electron chi connectivity index (χ0n) is 13.9. The molecule has 1 aliphatic rings. The summed E-state index contributed by atoms with van der Waals surface area (Å²) in [5, 5.41) is 4.10. The monoisotopic (exact) mass is 327 g/mol. The zero-order valence-corrected chi connectivity index (χ0v) is 13.9. The van der Waals surface area contributed by atoms with Gasteiger partial charge in [0.05, 0.1) is 6.61 Å². The van der Waals surface area contributed by atoms with E-state index in [0.717, 1.165) is 23.3 Å². The van der Waals surface area contributed by atoms with Crippen LogP contribution in [0.25, 0.3) is 17.0 Å². The highest BCUT2D eigenvalue weighted by Crippen LogP contribution is 2.28. The third kappa shape index (κ3) is 3.71. The van der Waals surface area contributed by atoms with Crippen LogP contribution in [0.15, 0.2) is 47.0 Å².